The van der Waals surface area contributed by atoms with Crippen LogP contribution >= 0.6 is 0 Å². The number of hydrogen-bond acceptors (Lipinski definition) is 4. The van der Waals surface area contributed by atoms with Crippen molar-refractivity contribution in [3.8, 4) is 0 Å². The van der Waals surface area contributed by atoms with Gasteiger partial charge in [-0.05, 0) is 23.8 Å². The Morgan fingerprint density at radius 2 is 2.04 bits per heavy atom. The van der Waals surface area contributed by atoms with Gasteiger partial charge < -0.3 is 15.2 Å². The van der Waals surface area contributed by atoms with E-state index >= 15 is 0 Å². The van der Waals surface area contributed by atoms with Gasteiger partial charge in [0.15, 0.2) is 5.78 Å². The first-order valence-electron chi connectivity index (χ1n) is 6.63. The molecule has 5 nitrogen and oxygen atoms in total. The maximum absolute atomic E-state index is 13.2. The lowest BCUT2D eigenvalue weighted by Gasteiger charge is -2.29. The monoisotopic (exact) mass is 335 g/mol. The van der Waals surface area contributed by atoms with Gasteiger partial charge >= 0.3 is 6.18 Å². The molecule has 126 valence electrons. The molecule has 0 radical (unpaired) electrons. The fourth-order valence-electron chi connectivity index (χ4n) is 2.07. The zero-order valence-corrected chi connectivity index (χ0v) is 11.7. The second-order valence-corrected chi connectivity index (χ2v) is 5.14. The van der Waals surface area contributed by atoms with Crippen molar-refractivity contribution in [2.24, 2.45) is 0 Å². The summed E-state index contributed by atoms with van der Waals surface area (Å²) < 4.78 is 55.8. The SMILES string of the molecule is O=C1CC[C@](O)(C(=O)NCc2cc(F)cc(C(F)(F)F)c2)OC1. The van der Waals surface area contributed by atoms with Gasteiger partial charge in [-0.15, -0.1) is 0 Å². The quantitative estimate of drug-likeness (QED) is 0.822. The zero-order chi connectivity index (χ0) is 17.3. The number of aliphatic hydroxyl groups is 1. The van der Waals surface area contributed by atoms with Crippen LogP contribution in [0, 0.1) is 5.82 Å². The van der Waals surface area contributed by atoms with Crippen molar-refractivity contribution in [3.05, 3.63) is 35.1 Å². The molecule has 23 heavy (non-hydrogen) atoms. The molecular formula is C14H13F4NO4. The van der Waals surface area contributed by atoms with Gasteiger partial charge in [-0.3, -0.25) is 9.59 Å². The highest BCUT2D eigenvalue weighted by molar-refractivity contribution is 5.87. The first-order valence-corrected chi connectivity index (χ1v) is 6.63. The highest BCUT2D eigenvalue weighted by atomic mass is 19.4. The number of ketones is 1. The first-order chi connectivity index (χ1) is 10.6. The molecule has 1 aromatic carbocycles. The third kappa shape index (κ3) is 4.26. The minimum Gasteiger partial charge on any atom is -0.358 e. The second kappa shape index (κ2) is 6.25. The zero-order valence-electron chi connectivity index (χ0n) is 11.7. The Kier molecular flexibility index (Phi) is 4.71. The summed E-state index contributed by atoms with van der Waals surface area (Å²) in [6.45, 7) is -0.860. The summed E-state index contributed by atoms with van der Waals surface area (Å²) >= 11 is 0. The van der Waals surface area contributed by atoms with E-state index in [9.17, 15) is 32.3 Å². The Hall–Kier alpha value is -2.00. The molecule has 1 aliphatic rings. The van der Waals surface area contributed by atoms with Gasteiger partial charge in [-0.1, -0.05) is 0 Å². The van der Waals surface area contributed by atoms with Crippen LogP contribution in [0.1, 0.15) is 24.0 Å². The molecule has 0 aromatic heterocycles. The van der Waals surface area contributed by atoms with E-state index in [0.29, 0.717) is 12.1 Å². The molecule has 1 fully saturated rings. The predicted octanol–water partition coefficient (Wildman–Crippen LogP) is 1.53. The fourth-order valence-corrected chi connectivity index (χ4v) is 2.07. The van der Waals surface area contributed by atoms with Gasteiger partial charge in [0.1, 0.15) is 12.4 Å². The number of benzene rings is 1. The first kappa shape index (κ1) is 17.4. The maximum atomic E-state index is 13.2. The van der Waals surface area contributed by atoms with E-state index in [1.807, 2.05) is 0 Å². The Morgan fingerprint density at radius 3 is 2.61 bits per heavy atom. The standard InChI is InChI=1S/C14H13F4NO4/c15-10-4-8(3-9(5-10)14(16,17)18)6-19-12(21)13(22)2-1-11(20)7-23-13/h3-5,22H,1-2,6-7H2,(H,19,21)/t13-/m1/s1. The number of alkyl halides is 3. The van der Waals surface area contributed by atoms with E-state index in [0.717, 1.165) is 6.07 Å². The minimum atomic E-state index is -4.72. The normalized spacial score (nSPS) is 22.0. The Labute approximate surface area is 128 Å². The van der Waals surface area contributed by atoms with Gasteiger partial charge in [-0.25, -0.2) is 4.39 Å². The van der Waals surface area contributed by atoms with E-state index in [2.05, 4.69) is 5.32 Å². The molecule has 1 aliphatic heterocycles. The lowest BCUT2D eigenvalue weighted by molar-refractivity contribution is -0.219. The number of carbonyl (C=O) groups is 2. The van der Waals surface area contributed by atoms with Crippen molar-refractivity contribution < 1.29 is 37.0 Å². The van der Waals surface area contributed by atoms with Crippen LogP contribution in [0.2, 0.25) is 0 Å². The summed E-state index contributed by atoms with van der Waals surface area (Å²) in [5.41, 5.74) is -1.30. The molecule has 0 spiro atoms. The molecule has 9 heteroatoms. The van der Waals surface area contributed by atoms with E-state index in [1.54, 1.807) is 0 Å². The summed E-state index contributed by atoms with van der Waals surface area (Å²) in [6, 6.07) is 1.87. The number of Topliss-reactive ketones (excluding diaryl/α,β-unsaturated/α-hetero) is 1. The molecule has 1 aromatic rings. The summed E-state index contributed by atoms with van der Waals surface area (Å²) in [6.07, 6.45) is -5.03. The van der Waals surface area contributed by atoms with Gasteiger partial charge in [0.05, 0.1) is 5.56 Å². The van der Waals surface area contributed by atoms with Crippen LogP contribution in [0.5, 0.6) is 0 Å². The third-order valence-corrected chi connectivity index (χ3v) is 3.31. The molecule has 0 unspecified atom stereocenters. The topological polar surface area (TPSA) is 75.6 Å². The highest BCUT2D eigenvalue weighted by Gasteiger charge is 2.41. The number of rotatable bonds is 3. The molecule has 1 heterocycles. The van der Waals surface area contributed by atoms with Crippen molar-refractivity contribution in [3.63, 3.8) is 0 Å². The molecular weight excluding hydrogens is 322 g/mol. The minimum absolute atomic E-state index is 0.0535. The van der Waals surface area contributed by atoms with Crippen molar-refractivity contribution in [2.75, 3.05) is 6.61 Å². The molecule has 0 saturated carbocycles. The van der Waals surface area contributed by atoms with Crippen LogP contribution in [-0.2, 0) is 27.0 Å². The summed E-state index contributed by atoms with van der Waals surface area (Å²) in [5.74, 6) is -4.58. The highest BCUT2D eigenvalue weighted by Crippen LogP contribution is 2.30. The molecule has 1 amide bonds. The number of amides is 1. The summed E-state index contributed by atoms with van der Waals surface area (Å²) in [7, 11) is 0. The number of ether oxygens (including phenoxy) is 1. The van der Waals surface area contributed by atoms with Crippen molar-refractivity contribution >= 4 is 11.7 Å². The average molecular weight is 335 g/mol. The molecule has 2 N–H and O–H groups in total. The van der Waals surface area contributed by atoms with Crippen LogP contribution < -0.4 is 5.32 Å². The second-order valence-electron chi connectivity index (χ2n) is 5.14. The third-order valence-electron chi connectivity index (χ3n) is 3.31. The van der Waals surface area contributed by atoms with Crippen LogP contribution in [0.3, 0.4) is 0 Å². The van der Waals surface area contributed by atoms with Crippen LogP contribution in [0.25, 0.3) is 0 Å². The average Bonchev–Trinajstić information content (AvgIpc) is 2.46. The summed E-state index contributed by atoms with van der Waals surface area (Å²) in [5, 5.41) is 12.1. The van der Waals surface area contributed by atoms with Gasteiger partial charge in [0.25, 0.3) is 5.91 Å². The molecule has 1 atom stereocenters. The molecule has 1 saturated heterocycles. The van der Waals surface area contributed by atoms with Crippen LogP contribution in [0.15, 0.2) is 18.2 Å². The van der Waals surface area contributed by atoms with Crippen molar-refractivity contribution in [1.82, 2.24) is 5.32 Å². The Bertz CT molecular complexity index is 620. The smallest absolute Gasteiger partial charge is 0.358 e. The Morgan fingerprint density at radius 1 is 1.35 bits per heavy atom. The number of hydrogen-bond donors (Lipinski definition) is 2. The maximum Gasteiger partial charge on any atom is 0.416 e. The van der Waals surface area contributed by atoms with Gasteiger partial charge in [0, 0.05) is 19.4 Å². The van der Waals surface area contributed by atoms with Crippen LogP contribution in [0.4, 0.5) is 17.6 Å². The summed E-state index contributed by atoms with van der Waals surface area (Å²) in [4.78, 5) is 22.9. The van der Waals surface area contributed by atoms with Crippen LogP contribution in [-0.4, -0.2) is 29.2 Å². The van der Waals surface area contributed by atoms with Crippen molar-refractivity contribution in [2.45, 2.75) is 31.3 Å². The molecule has 0 aliphatic carbocycles. The van der Waals surface area contributed by atoms with Gasteiger partial charge in [-0.2, -0.15) is 13.2 Å². The van der Waals surface area contributed by atoms with Gasteiger partial charge in [0.2, 0.25) is 5.79 Å². The fraction of sp³-hybridized carbons (Fsp3) is 0.429. The lowest BCUT2D eigenvalue weighted by Crippen LogP contribution is -2.52. The number of carbonyl (C=O) groups excluding carboxylic acids is 2. The predicted molar refractivity (Wildman–Crippen MR) is 68.4 cm³/mol. The Balaban J connectivity index is 2.04. The molecule has 0 bridgehead atoms. The number of halogens is 4. The molecule has 2 rings (SSSR count). The van der Waals surface area contributed by atoms with E-state index < -0.39 is 42.4 Å². The lowest BCUT2D eigenvalue weighted by atomic mass is 10.0. The van der Waals surface area contributed by atoms with Crippen molar-refractivity contribution in [1.29, 1.82) is 0 Å². The largest absolute Gasteiger partial charge is 0.416 e. The van der Waals surface area contributed by atoms with E-state index in [-0.39, 0.29) is 24.2 Å². The van der Waals surface area contributed by atoms with E-state index in [4.69, 9.17) is 4.74 Å². The number of nitrogens with one attached hydrogen (secondary N) is 1. The van der Waals surface area contributed by atoms with E-state index in [1.165, 1.54) is 0 Å².